The second kappa shape index (κ2) is 7.38. The van der Waals surface area contributed by atoms with Gasteiger partial charge in [0.05, 0.1) is 13.0 Å². The molecule has 0 spiro atoms. The molecule has 1 rings (SSSR count). The van der Waals surface area contributed by atoms with Crippen molar-refractivity contribution in [3.8, 4) is 0 Å². The van der Waals surface area contributed by atoms with E-state index in [9.17, 15) is 19.7 Å². The Labute approximate surface area is 114 Å². The van der Waals surface area contributed by atoms with Crippen molar-refractivity contribution in [1.82, 2.24) is 10.7 Å². The van der Waals surface area contributed by atoms with Crippen LogP contribution in [0.15, 0.2) is 5.10 Å². The molecule has 0 aromatic carbocycles. The zero-order chi connectivity index (χ0) is 15.1. The SMILES string of the molecule is O=C(O)CC/C(=N\NC1CCNCC1[N+](=O)[O-])C(=O)O. The number of hydrogen-bond donors (Lipinski definition) is 4. The minimum Gasteiger partial charge on any atom is -0.481 e. The van der Waals surface area contributed by atoms with Gasteiger partial charge in [-0.05, 0) is 13.0 Å². The predicted octanol–water partition coefficient (Wildman–Crippen LogP) is -1.11. The highest BCUT2D eigenvalue weighted by Gasteiger charge is 2.34. The molecule has 1 fully saturated rings. The molecule has 2 unspecified atom stereocenters. The Kier molecular flexibility index (Phi) is 5.84. The van der Waals surface area contributed by atoms with Crippen molar-refractivity contribution in [3.63, 3.8) is 0 Å². The molecule has 10 heteroatoms. The van der Waals surface area contributed by atoms with Crippen molar-refractivity contribution in [2.45, 2.75) is 31.3 Å². The molecule has 1 aliphatic heterocycles. The molecule has 0 radical (unpaired) electrons. The number of aliphatic carboxylic acids is 2. The molecule has 1 aliphatic rings. The third-order valence-electron chi connectivity index (χ3n) is 2.91. The first-order valence-corrected chi connectivity index (χ1v) is 6.03. The Morgan fingerprint density at radius 1 is 1.40 bits per heavy atom. The Bertz CT molecular complexity index is 424. The molecule has 0 amide bonds. The van der Waals surface area contributed by atoms with Gasteiger partial charge >= 0.3 is 11.9 Å². The summed E-state index contributed by atoms with van der Waals surface area (Å²) in [5, 5.41) is 34.7. The maximum absolute atomic E-state index is 10.9. The van der Waals surface area contributed by atoms with E-state index in [4.69, 9.17) is 10.2 Å². The first kappa shape index (κ1) is 15.8. The summed E-state index contributed by atoms with van der Waals surface area (Å²) in [6.45, 7) is 0.743. The standard InChI is InChI=1S/C10H16N4O6/c15-9(16)2-1-7(10(17)18)13-12-6-3-4-11-5-8(6)14(19)20/h6,8,11-12H,1-5H2,(H,15,16)(H,17,18)/b13-7+. The number of hydrogen-bond acceptors (Lipinski definition) is 7. The molecular formula is C10H16N4O6. The number of piperidine rings is 1. The normalized spacial score (nSPS) is 23.1. The molecule has 112 valence electrons. The van der Waals surface area contributed by atoms with E-state index in [1.807, 2.05) is 0 Å². The van der Waals surface area contributed by atoms with Crippen molar-refractivity contribution < 1.29 is 24.7 Å². The van der Waals surface area contributed by atoms with Crippen molar-refractivity contribution in [3.05, 3.63) is 10.1 Å². The van der Waals surface area contributed by atoms with Crippen molar-refractivity contribution >= 4 is 17.7 Å². The summed E-state index contributed by atoms with van der Waals surface area (Å²) in [5.41, 5.74) is 2.14. The van der Waals surface area contributed by atoms with Gasteiger partial charge in [-0.15, -0.1) is 0 Å². The van der Waals surface area contributed by atoms with Crippen LogP contribution in [0.3, 0.4) is 0 Å². The van der Waals surface area contributed by atoms with Crippen LogP contribution in [0.2, 0.25) is 0 Å². The van der Waals surface area contributed by atoms with E-state index in [1.54, 1.807) is 0 Å². The minimum atomic E-state index is -1.34. The lowest BCUT2D eigenvalue weighted by atomic mass is 10.0. The van der Waals surface area contributed by atoms with Crippen LogP contribution in [0, 0.1) is 10.1 Å². The van der Waals surface area contributed by atoms with Crippen LogP contribution in [0.4, 0.5) is 0 Å². The van der Waals surface area contributed by atoms with Gasteiger partial charge in [-0.2, -0.15) is 5.10 Å². The van der Waals surface area contributed by atoms with E-state index in [0.29, 0.717) is 13.0 Å². The minimum absolute atomic E-state index is 0.178. The molecule has 20 heavy (non-hydrogen) atoms. The lowest BCUT2D eigenvalue weighted by Gasteiger charge is -2.25. The number of carboxylic acids is 2. The highest BCUT2D eigenvalue weighted by atomic mass is 16.6. The highest BCUT2D eigenvalue weighted by molar-refractivity contribution is 6.35. The number of rotatable bonds is 7. The van der Waals surface area contributed by atoms with Crippen LogP contribution in [0.25, 0.3) is 0 Å². The number of carboxylic acid groups (broad SMARTS) is 2. The average Bonchev–Trinajstić information content (AvgIpc) is 2.38. The lowest BCUT2D eigenvalue weighted by Crippen LogP contribution is -2.53. The molecule has 0 saturated carbocycles. The van der Waals surface area contributed by atoms with Gasteiger partial charge in [0, 0.05) is 11.3 Å². The fraction of sp³-hybridized carbons (Fsp3) is 0.700. The number of nitrogens with zero attached hydrogens (tertiary/aromatic N) is 2. The van der Waals surface area contributed by atoms with Crippen LogP contribution in [-0.4, -0.2) is 58.0 Å². The zero-order valence-corrected chi connectivity index (χ0v) is 10.6. The Morgan fingerprint density at radius 3 is 2.65 bits per heavy atom. The van der Waals surface area contributed by atoms with Gasteiger partial charge in [-0.25, -0.2) is 4.79 Å². The maximum atomic E-state index is 10.9. The van der Waals surface area contributed by atoms with Gasteiger partial charge in [0.15, 0.2) is 0 Å². The summed E-state index contributed by atoms with van der Waals surface area (Å²) in [7, 11) is 0. The molecule has 0 bridgehead atoms. The van der Waals surface area contributed by atoms with Gasteiger partial charge in [0.1, 0.15) is 11.8 Å². The van der Waals surface area contributed by atoms with Gasteiger partial charge in [0.2, 0.25) is 6.04 Å². The smallest absolute Gasteiger partial charge is 0.352 e. The number of hydrazone groups is 1. The lowest BCUT2D eigenvalue weighted by molar-refractivity contribution is -0.526. The van der Waals surface area contributed by atoms with Crippen molar-refractivity contribution in [2.75, 3.05) is 13.1 Å². The summed E-state index contributed by atoms with van der Waals surface area (Å²) >= 11 is 0. The third kappa shape index (κ3) is 4.80. The highest BCUT2D eigenvalue weighted by Crippen LogP contribution is 2.07. The first-order chi connectivity index (χ1) is 9.41. The maximum Gasteiger partial charge on any atom is 0.352 e. The summed E-state index contributed by atoms with van der Waals surface area (Å²) in [5.74, 6) is -2.48. The molecule has 4 N–H and O–H groups in total. The average molecular weight is 288 g/mol. The van der Waals surface area contributed by atoms with Gasteiger partial charge in [-0.3, -0.25) is 20.3 Å². The second-order valence-corrected chi connectivity index (χ2v) is 4.34. The van der Waals surface area contributed by atoms with Crippen LogP contribution in [0.1, 0.15) is 19.3 Å². The Morgan fingerprint density at radius 2 is 2.10 bits per heavy atom. The largest absolute Gasteiger partial charge is 0.481 e. The molecule has 2 atom stereocenters. The van der Waals surface area contributed by atoms with E-state index in [-0.39, 0.29) is 25.1 Å². The van der Waals surface area contributed by atoms with Crippen LogP contribution < -0.4 is 10.7 Å². The van der Waals surface area contributed by atoms with E-state index in [0.717, 1.165) is 0 Å². The van der Waals surface area contributed by atoms with E-state index in [2.05, 4.69) is 15.8 Å². The Balaban J connectivity index is 2.66. The number of nitrogens with one attached hydrogen (secondary N) is 2. The van der Waals surface area contributed by atoms with Crippen molar-refractivity contribution in [2.24, 2.45) is 5.10 Å². The van der Waals surface area contributed by atoms with Gasteiger partial charge < -0.3 is 15.5 Å². The first-order valence-electron chi connectivity index (χ1n) is 6.03. The number of nitro groups is 1. The van der Waals surface area contributed by atoms with Gasteiger partial charge in [0.25, 0.3) is 0 Å². The fourth-order valence-corrected chi connectivity index (χ4v) is 1.81. The monoisotopic (exact) mass is 288 g/mol. The summed E-state index contributed by atoms with van der Waals surface area (Å²) in [6.07, 6.45) is -0.176. The molecular weight excluding hydrogens is 272 g/mol. The molecule has 1 heterocycles. The quantitative estimate of drug-likeness (QED) is 0.261. The van der Waals surface area contributed by atoms with E-state index >= 15 is 0 Å². The summed E-state index contributed by atoms with van der Waals surface area (Å²) < 4.78 is 0. The Hall–Kier alpha value is -2.23. The van der Waals surface area contributed by atoms with Crippen LogP contribution in [-0.2, 0) is 9.59 Å². The van der Waals surface area contributed by atoms with Crippen LogP contribution in [0.5, 0.6) is 0 Å². The number of carbonyl (C=O) groups is 2. The summed E-state index contributed by atoms with van der Waals surface area (Å²) in [6, 6.07) is -1.48. The molecule has 0 aromatic rings. The van der Waals surface area contributed by atoms with Crippen LogP contribution >= 0.6 is 0 Å². The predicted molar refractivity (Wildman–Crippen MR) is 67.1 cm³/mol. The second-order valence-electron chi connectivity index (χ2n) is 4.34. The third-order valence-corrected chi connectivity index (χ3v) is 2.91. The van der Waals surface area contributed by atoms with E-state index in [1.165, 1.54) is 0 Å². The molecule has 1 saturated heterocycles. The topological polar surface area (TPSA) is 154 Å². The fourth-order valence-electron chi connectivity index (χ4n) is 1.81. The molecule has 0 aliphatic carbocycles. The van der Waals surface area contributed by atoms with Crippen molar-refractivity contribution in [1.29, 1.82) is 0 Å². The van der Waals surface area contributed by atoms with E-state index < -0.39 is 28.9 Å². The summed E-state index contributed by atoms with van der Waals surface area (Å²) in [4.78, 5) is 31.7. The van der Waals surface area contributed by atoms with Gasteiger partial charge in [-0.1, -0.05) is 0 Å². The zero-order valence-electron chi connectivity index (χ0n) is 10.6. The molecule has 0 aromatic heterocycles. The molecule has 10 nitrogen and oxygen atoms in total.